The topological polar surface area (TPSA) is 121 Å². The van der Waals surface area contributed by atoms with Crippen LogP contribution in [0.2, 0.25) is 0 Å². The average Bonchev–Trinajstić information content (AvgIpc) is 3.07. The molecule has 0 aliphatic carbocycles. The van der Waals surface area contributed by atoms with Gasteiger partial charge in [-0.15, -0.1) is 15.0 Å². The normalized spacial score (nSPS) is 17.3. The number of nitrogens with zero attached hydrogens (tertiary/aromatic N) is 6. The van der Waals surface area contributed by atoms with E-state index >= 15 is 0 Å². The van der Waals surface area contributed by atoms with Gasteiger partial charge in [0.1, 0.15) is 6.07 Å². The van der Waals surface area contributed by atoms with E-state index in [0.717, 1.165) is 25.8 Å². The average molecular weight is 342 g/mol. The standard InChI is InChI=1S/C16H18N6O3/c17-11-15-16(20-8-2-1-4-12(20)7-9-23)19-21(18-15)13-5-3-6-14(10-13)22(24)25/h3,5-6,10,12,23H,1-2,4,7-9H2. The molecule has 1 N–H and O–H groups in total. The molecule has 0 bridgehead atoms. The Labute approximate surface area is 144 Å². The first-order valence-corrected chi connectivity index (χ1v) is 8.14. The van der Waals surface area contributed by atoms with E-state index in [0.29, 0.717) is 17.9 Å². The lowest BCUT2D eigenvalue weighted by Crippen LogP contribution is -2.40. The molecule has 9 nitrogen and oxygen atoms in total. The summed E-state index contributed by atoms with van der Waals surface area (Å²) in [4.78, 5) is 13.7. The van der Waals surface area contributed by atoms with Crippen LogP contribution in [0, 0.1) is 21.4 Å². The molecule has 1 aliphatic heterocycles. The second-order valence-corrected chi connectivity index (χ2v) is 5.91. The van der Waals surface area contributed by atoms with Crippen LogP contribution in [0.1, 0.15) is 31.4 Å². The predicted octanol–water partition coefficient (Wildman–Crippen LogP) is 1.79. The zero-order chi connectivity index (χ0) is 17.8. The summed E-state index contributed by atoms with van der Waals surface area (Å²) in [6.45, 7) is 0.815. The number of hydrogen-bond acceptors (Lipinski definition) is 7. The minimum Gasteiger partial charge on any atom is -0.396 e. The van der Waals surface area contributed by atoms with Gasteiger partial charge in [0.15, 0.2) is 5.82 Å². The van der Waals surface area contributed by atoms with Gasteiger partial charge in [0.2, 0.25) is 5.69 Å². The van der Waals surface area contributed by atoms with Crippen LogP contribution in [-0.4, -0.2) is 44.2 Å². The first kappa shape index (κ1) is 16.9. The number of nitro benzene ring substituents is 1. The summed E-state index contributed by atoms with van der Waals surface area (Å²) < 4.78 is 0. The van der Waals surface area contributed by atoms with Gasteiger partial charge >= 0.3 is 0 Å². The van der Waals surface area contributed by atoms with Crippen molar-refractivity contribution in [3.05, 3.63) is 40.1 Å². The number of aliphatic hydroxyl groups excluding tert-OH is 1. The molecule has 0 saturated carbocycles. The third kappa shape index (κ3) is 3.44. The Morgan fingerprint density at radius 1 is 1.40 bits per heavy atom. The molecule has 130 valence electrons. The van der Waals surface area contributed by atoms with E-state index in [1.807, 2.05) is 4.90 Å². The first-order chi connectivity index (χ1) is 12.1. The Morgan fingerprint density at radius 2 is 2.24 bits per heavy atom. The highest BCUT2D eigenvalue weighted by molar-refractivity contribution is 5.52. The van der Waals surface area contributed by atoms with Crippen LogP contribution >= 0.6 is 0 Å². The Morgan fingerprint density at radius 3 is 2.96 bits per heavy atom. The number of piperidine rings is 1. The van der Waals surface area contributed by atoms with Gasteiger partial charge in [-0.2, -0.15) is 5.26 Å². The number of benzene rings is 1. The highest BCUT2D eigenvalue weighted by atomic mass is 16.6. The number of rotatable bonds is 5. The highest BCUT2D eigenvalue weighted by Gasteiger charge is 2.27. The third-order valence-corrected chi connectivity index (χ3v) is 4.33. The van der Waals surface area contributed by atoms with Crippen LogP contribution in [0.4, 0.5) is 11.5 Å². The van der Waals surface area contributed by atoms with Crippen molar-refractivity contribution >= 4 is 11.5 Å². The van der Waals surface area contributed by atoms with Crippen molar-refractivity contribution in [3.63, 3.8) is 0 Å². The van der Waals surface area contributed by atoms with Crippen molar-refractivity contribution in [2.75, 3.05) is 18.1 Å². The summed E-state index contributed by atoms with van der Waals surface area (Å²) in [5.41, 5.74) is 0.537. The Hall–Kier alpha value is -2.99. The summed E-state index contributed by atoms with van der Waals surface area (Å²) in [6.07, 6.45) is 3.59. The van der Waals surface area contributed by atoms with Crippen molar-refractivity contribution in [1.82, 2.24) is 15.0 Å². The zero-order valence-corrected chi connectivity index (χ0v) is 13.6. The smallest absolute Gasteiger partial charge is 0.271 e. The van der Waals surface area contributed by atoms with Crippen molar-refractivity contribution < 1.29 is 10.0 Å². The Bertz CT molecular complexity index is 810. The van der Waals surface area contributed by atoms with E-state index in [1.54, 1.807) is 12.1 Å². The minimum absolute atomic E-state index is 0.0639. The second kappa shape index (κ2) is 7.27. The van der Waals surface area contributed by atoms with Crippen molar-refractivity contribution in [1.29, 1.82) is 5.26 Å². The van der Waals surface area contributed by atoms with Gasteiger partial charge < -0.3 is 10.0 Å². The fraction of sp³-hybridized carbons (Fsp3) is 0.438. The van der Waals surface area contributed by atoms with Crippen LogP contribution in [-0.2, 0) is 0 Å². The van der Waals surface area contributed by atoms with E-state index in [-0.39, 0.29) is 24.0 Å². The summed E-state index contributed by atoms with van der Waals surface area (Å²) in [6, 6.07) is 8.13. The van der Waals surface area contributed by atoms with E-state index in [1.165, 1.54) is 16.9 Å². The number of anilines is 1. The molecular weight excluding hydrogens is 324 g/mol. The monoisotopic (exact) mass is 342 g/mol. The number of nitro groups is 1. The fourth-order valence-electron chi connectivity index (χ4n) is 3.14. The predicted molar refractivity (Wildman–Crippen MR) is 89.4 cm³/mol. The van der Waals surface area contributed by atoms with Gasteiger partial charge in [-0.3, -0.25) is 10.1 Å². The van der Waals surface area contributed by atoms with Gasteiger partial charge in [0.25, 0.3) is 5.69 Å². The Kier molecular flexibility index (Phi) is 4.90. The van der Waals surface area contributed by atoms with E-state index in [2.05, 4.69) is 16.3 Å². The molecule has 0 spiro atoms. The number of nitriles is 1. The van der Waals surface area contributed by atoms with E-state index < -0.39 is 4.92 Å². The highest BCUT2D eigenvalue weighted by Crippen LogP contribution is 2.27. The third-order valence-electron chi connectivity index (χ3n) is 4.33. The second-order valence-electron chi connectivity index (χ2n) is 5.91. The van der Waals surface area contributed by atoms with Gasteiger partial charge in [0, 0.05) is 31.3 Å². The number of aromatic nitrogens is 3. The lowest BCUT2D eigenvalue weighted by atomic mass is 9.99. The fourth-order valence-corrected chi connectivity index (χ4v) is 3.14. The summed E-state index contributed by atoms with van der Waals surface area (Å²) in [5.74, 6) is 0.465. The van der Waals surface area contributed by atoms with Crippen LogP contribution in [0.25, 0.3) is 5.69 Å². The number of non-ortho nitro benzene ring substituents is 1. The van der Waals surface area contributed by atoms with E-state index in [4.69, 9.17) is 0 Å². The molecule has 1 aliphatic rings. The SMILES string of the molecule is N#Cc1nn(-c2cccc([N+](=O)[O-])c2)nc1N1CCCCC1CCO. The molecule has 2 aromatic rings. The maximum Gasteiger partial charge on any atom is 0.271 e. The molecule has 1 saturated heterocycles. The quantitative estimate of drug-likeness (QED) is 0.649. The van der Waals surface area contributed by atoms with Crippen LogP contribution in [0.15, 0.2) is 24.3 Å². The molecule has 25 heavy (non-hydrogen) atoms. The Balaban J connectivity index is 1.98. The maximum absolute atomic E-state index is 10.9. The van der Waals surface area contributed by atoms with Crippen LogP contribution in [0.5, 0.6) is 0 Å². The van der Waals surface area contributed by atoms with Gasteiger partial charge in [-0.25, -0.2) is 0 Å². The van der Waals surface area contributed by atoms with Crippen molar-refractivity contribution in [3.8, 4) is 11.8 Å². The molecule has 1 fully saturated rings. The molecule has 9 heteroatoms. The summed E-state index contributed by atoms with van der Waals surface area (Å²) >= 11 is 0. The molecule has 3 rings (SSSR count). The van der Waals surface area contributed by atoms with Gasteiger partial charge in [-0.05, 0) is 31.7 Å². The number of hydrogen-bond donors (Lipinski definition) is 1. The summed E-state index contributed by atoms with van der Waals surface area (Å²) in [5, 5.41) is 38.2. The molecule has 1 aromatic heterocycles. The first-order valence-electron chi connectivity index (χ1n) is 8.14. The molecule has 1 unspecified atom stereocenters. The lowest BCUT2D eigenvalue weighted by molar-refractivity contribution is -0.384. The molecule has 2 heterocycles. The van der Waals surface area contributed by atoms with Crippen LogP contribution < -0.4 is 4.90 Å². The van der Waals surface area contributed by atoms with Crippen molar-refractivity contribution in [2.45, 2.75) is 31.7 Å². The maximum atomic E-state index is 10.9. The van der Waals surface area contributed by atoms with Crippen LogP contribution in [0.3, 0.4) is 0 Å². The largest absolute Gasteiger partial charge is 0.396 e. The molecule has 0 radical (unpaired) electrons. The molecule has 1 atom stereocenters. The molecule has 0 amide bonds. The molecular formula is C16H18N6O3. The lowest BCUT2D eigenvalue weighted by Gasteiger charge is -2.35. The zero-order valence-electron chi connectivity index (χ0n) is 13.6. The van der Waals surface area contributed by atoms with Gasteiger partial charge in [0.05, 0.1) is 10.6 Å². The molecule has 1 aromatic carbocycles. The number of aliphatic hydroxyl groups is 1. The van der Waals surface area contributed by atoms with Gasteiger partial charge in [-0.1, -0.05) is 6.07 Å². The summed E-state index contributed by atoms with van der Waals surface area (Å²) in [7, 11) is 0. The van der Waals surface area contributed by atoms with E-state index in [9.17, 15) is 20.5 Å². The minimum atomic E-state index is -0.485. The van der Waals surface area contributed by atoms with Crippen molar-refractivity contribution in [2.24, 2.45) is 0 Å².